The predicted molar refractivity (Wildman–Crippen MR) is 184 cm³/mol. The van der Waals surface area contributed by atoms with Crippen molar-refractivity contribution in [3.63, 3.8) is 0 Å². The van der Waals surface area contributed by atoms with Gasteiger partial charge in [0.25, 0.3) is 0 Å². The maximum atomic E-state index is 6.60. The van der Waals surface area contributed by atoms with E-state index >= 15 is 0 Å². The van der Waals surface area contributed by atoms with Gasteiger partial charge in [0.2, 0.25) is 0 Å². The minimum Gasteiger partial charge on any atom is -0.455 e. The zero-order valence-electron chi connectivity index (χ0n) is 26.1. The molecule has 44 heavy (non-hydrogen) atoms. The van der Waals surface area contributed by atoms with Crippen molar-refractivity contribution in [3.8, 4) is 22.5 Å². The minimum atomic E-state index is -0.0155. The molecule has 0 N–H and O–H groups in total. The lowest BCUT2D eigenvalue weighted by Gasteiger charge is -2.21. The molecule has 8 aromatic rings. The highest BCUT2D eigenvalue weighted by atomic mass is 16.3. The average molecular weight is 574 g/mol. The molecule has 0 fully saturated rings. The molecule has 3 heterocycles. The monoisotopic (exact) mass is 573 g/mol. The maximum absolute atomic E-state index is 6.60. The van der Waals surface area contributed by atoms with Gasteiger partial charge in [0, 0.05) is 32.7 Å². The van der Waals surface area contributed by atoms with Crippen LogP contribution in [-0.2, 0) is 10.8 Å². The summed E-state index contributed by atoms with van der Waals surface area (Å²) in [6, 6.07) is 36.9. The third-order valence-corrected chi connectivity index (χ3v) is 9.02. The molecule has 0 unspecified atom stereocenters. The summed E-state index contributed by atoms with van der Waals surface area (Å²) in [6.45, 7) is 13.6. The van der Waals surface area contributed by atoms with E-state index in [-0.39, 0.29) is 10.8 Å². The first-order chi connectivity index (χ1) is 21.1. The Morgan fingerprint density at radius 3 is 1.91 bits per heavy atom. The van der Waals surface area contributed by atoms with Crippen LogP contribution in [0.3, 0.4) is 0 Å². The van der Waals surface area contributed by atoms with Crippen LogP contribution in [0.5, 0.6) is 0 Å². The summed E-state index contributed by atoms with van der Waals surface area (Å²) in [7, 11) is 0. The Kier molecular flexibility index (Phi) is 5.61. The van der Waals surface area contributed by atoms with Crippen molar-refractivity contribution < 1.29 is 4.42 Å². The standard InChI is InChI=1S/C40H35N3O/c1-39(2,3)26-19-20-35-32(21-26)33-23-27(40(4,5)6)22-31(36(33)44-35)24-15-17-25(18-16-24)37-41-42-38-30-13-8-7-11-28(30)29-12-9-10-14-34(29)43(37)38/h7-23H,1-6H3. The number of aromatic nitrogens is 3. The van der Waals surface area contributed by atoms with Gasteiger partial charge in [0.15, 0.2) is 11.5 Å². The van der Waals surface area contributed by atoms with Crippen molar-refractivity contribution in [1.29, 1.82) is 0 Å². The van der Waals surface area contributed by atoms with Gasteiger partial charge in [-0.05, 0) is 63.2 Å². The van der Waals surface area contributed by atoms with Gasteiger partial charge < -0.3 is 4.42 Å². The number of pyridine rings is 1. The van der Waals surface area contributed by atoms with E-state index in [1.54, 1.807) is 0 Å². The summed E-state index contributed by atoms with van der Waals surface area (Å²) in [4.78, 5) is 0. The fourth-order valence-electron chi connectivity index (χ4n) is 6.47. The number of benzene rings is 5. The molecule has 0 bridgehead atoms. The van der Waals surface area contributed by atoms with Crippen molar-refractivity contribution in [2.75, 3.05) is 0 Å². The van der Waals surface area contributed by atoms with Crippen LogP contribution in [0, 0.1) is 0 Å². The molecule has 216 valence electrons. The lowest BCUT2D eigenvalue weighted by Crippen LogP contribution is -2.11. The third kappa shape index (κ3) is 4.05. The van der Waals surface area contributed by atoms with Crippen molar-refractivity contribution in [3.05, 3.63) is 114 Å². The summed E-state index contributed by atoms with van der Waals surface area (Å²) in [5.74, 6) is 0.834. The van der Waals surface area contributed by atoms with Crippen molar-refractivity contribution in [2.45, 2.75) is 52.4 Å². The van der Waals surface area contributed by atoms with E-state index in [4.69, 9.17) is 9.52 Å². The number of nitrogens with zero attached hydrogens (tertiary/aromatic N) is 3. The molecule has 0 aliphatic rings. The summed E-state index contributed by atoms with van der Waals surface area (Å²) < 4.78 is 8.79. The smallest absolute Gasteiger partial charge is 0.169 e. The van der Waals surface area contributed by atoms with E-state index < -0.39 is 0 Å². The van der Waals surface area contributed by atoms with Crippen LogP contribution in [0.15, 0.2) is 108 Å². The van der Waals surface area contributed by atoms with E-state index in [0.29, 0.717) is 0 Å². The summed E-state index contributed by atoms with van der Waals surface area (Å²) >= 11 is 0. The number of rotatable bonds is 2. The molecule has 0 saturated heterocycles. The molecule has 0 aliphatic carbocycles. The van der Waals surface area contributed by atoms with E-state index in [1.807, 2.05) is 0 Å². The Labute approximate surface area is 257 Å². The summed E-state index contributed by atoms with van der Waals surface area (Å²) in [5, 5.41) is 15.2. The van der Waals surface area contributed by atoms with Crippen LogP contribution in [0.2, 0.25) is 0 Å². The van der Waals surface area contributed by atoms with Gasteiger partial charge in [-0.3, -0.25) is 4.40 Å². The van der Waals surface area contributed by atoms with Crippen molar-refractivity contribution in [1.82, 2.24) is 14.6 Å². The molecular weight excluding hydrogens is 538 g/mol. The number of para-hydroxylation sites is 1. The molecule has 0 saturated carbocycles. The zero-order chi connectivity index (χ0) is 30.4. The van der Waals surface area contributed by atoms with E-state index in [1.165, 1.54) is 32.7 Å². The fraction of sp³-hybridized carbons (Fsp3) is 0.200. The maximum Gasteiger partial charge on any atom is 0.169 e. The van der Waals surface area contributed by atoms with Crippen LogP contribution in [0.4, 0.5) is 0 Å². The second-order valence-electron chi connectivity index (χ2n) is 14.0. The van der Waals surface area contributed by atoms with Crippen LogP contribution in [0.1, 0.15) is 52.7 Å². The average Bonchev–Trinajstić information content (AvgIpc) is 3.62. The molecule has 0 aliphatic heterocycles. The van der Waals surface area contributed by atoms with Crippen molar-refractivity contribution >= 4 is 49.3 Å². The second kappa shape index (κ2) is 9.27. The lowest BCUT2D eigenvalue weighted by molar-refractivity contribution is 0.590. The van der Waals surface area contributed by atoms with Crippen LogP contribution in [-0.4, -0.2) is 14.6 Å². The molecule has 3 aromatic heterocycles. The molecule has 4 heteroatoms. The minimum absolute atomic E-state index is 0.0155. The van der Waals surface area contributed by atoms with Crippen LogP contribution in [0.25, 0.3) is 71.8 Å². The molecule has 0 amide bonds. The highest BCUT2D eigenvalue weighted by molar-refractivity contribution is 6.12. The predicted octanol–water partition coefficient (Wildman–Crippen LogP) is 10.9. The third-order valence-electron chi connectivity index (χ3n) is 9.02. The van der Waals surface area contributed by atoms with E-state index in [9.17, 15) is 0 Å². The molecule has 0 radical (unpaired) electrons. The first-order valence-corrected chi connectivity index (χ1v) is 15.3. The molecule has 5 aromatic carbocycles. The largest absolute Gasteiger partial charge is 0.455 e. The lowest BCUT2D eigenvalue weighted by atomic mass is 9.83. The van der Waals surface area contributed by atoms with E-state index in [2.05, 4.69) is 154 Å². The Morgan fingerprint density at radius 1 is 0.545 bits per heavy atom. The quantitative estimate of drug-likeness (QED) is 0.193. The Hall–Kier alpha value is -4.96. The van der Waals surface area contributed by atoms with Crippen molar-refractivity contribution in [2.24, 2.45) is 0 Å². The van der Waals surface area contributed by atoms with Gasteiger partial charge in [-0.2, -0.15) is 0 Å². The first kappa shape index (κ1) is 26.7. The zero-order valence-corrected chi connectivity index (χ0v) is 26.1. The fourth-order valence-corrected chi connectivity index (χ4v) is 6.47. The number of hydrogen-bond donors (Lipinski definition) is 0. The molecule has 4 nitrogen and oxygen atoms in total. The second-order valence-corrected chi connectivity index (χ2v) is 14.0. The number of hydrogen-bond acceptors (Lipinski definition) is 3. The normalized spacial score (nSPS) is 12.8. The summed E-state index contributed by atoms with van der Waals surface area (Å²) in [6.07, 6.45) is 0. The van der Waals surface area contributed by atoms with Gasteiger partial charge in [-0.1, -0.05) is 114 Å². The van der Waals surface area contributed by atoms with Crippen LogP contribution < -0.4 is 0 Å². The molecule has 8 rings (SSSR count). The molecule has 0 spiro atoms. The van der Waals surface area contributed by atoms with E-state index in [0.717, 1.165) is 50.2 Å². The SMILES string of the molecule is CC(C)(C)c1ccc2oc3c(-c4ccc(-c5nnc6c7ccccc7c7ccccc7n56)cc4)cc(C(C)(C)C)cc3c2c1. The van der Waals surface area contributed by atoms with Crippen LogP contribution >= 0.6 is 0 Å². The van der Waals surface area contributed by atoms with Gasteiger partial charge in [0.05, 0.1) is 5.52 Å². The topological polar surface area (TPSA) is 43.3 Å². The Bertz CT molecular complexity index is 2390. The Balaban J connectivity index is 1.32. The highest BCUT2D eigenvalue weighted by Gasteiger charge is 2.23. The van der Waals surface area contributed by atoms with Gasteiger partial charge >= 0.3 is 0 Å². The number of fused-ring (bicyclic) bond motifs is 9. The molecule has 0 atom stereocenters. The van der Waals surface area contributed by atoms with Gasteiger partial charge in [-0.15, -0.1) is 10.2 Å². The first-order valence-electron chi connectivity index (χ1n) is 15.3. The highest BCUT2D eigenvalue weighted by Crippen LogP contribution is 2.41. The summed E-state index contributed by atoms with van der Waals surface area (Å²) in [5.41, 5.74) is 9.69. The molecular formula is C40H35N3O. The van der Waals surface area contributed by atoms with Gasteiger partial charge in [-0.25, -0.2) is 0 Å². The number of furan rings is 1. The Morgan fingerprint density at radius 2 is 1.18 bits per heavy atom. The van der Waals surface area contributed by atoms with Gasteiger partial charge in [0.1, 0.15) is 11.2 Å².